The Kier molecular flexibility index (Phi) is 34.7. The van der Waals surface area contributed by atoms with Crippen LogP contribution in [0, 0.1) is 29.3 Å². The molecule has 1 N–H and O–H groups in total. The summed E-state index contributed by atoms with van der Waals surface area (Å²) < 4.78 is 0. The van der Waals surface area contributed by atoms with Gasteiger partial charge < -0.3 is 32.5 Å². The summed E-state index contributed by atoms with van der Waals surface area (Å²) in [5.74, 6) is 1.97. The van der Waals surface area contributed by atoms with E-state index in [1.165, 1.54) is 88.6 Å². The number of nitrogens with one attached hydrogen (secondary N) is 1. The molecule has 0 aliphatic heterocycles. The third kappa shape index (κ3) is 21.7. The summed E-state index contributed by atoms with van der Waals surface area (Å²) in [6.07, 6.45) is 16.3. The number of unbranched alkanes of at least 4 members (excludes halogenated alkanes) is 2. The summed E-state index contributed by atoms with van der Waals surface area (Å²) in [6.45, 7) is 24.5. The van der Waals surface area contributed by atoms with Gasteiger partial charge in [-0.1, -0.05) is 131 Å². The van der Waals surface area contributed by atoms with Crippen molar-refractivity contribution in [3.63, 3.8) is 0 Å². The smallest absolute Gasteiger partial charge is 0 e. The van der Waals surface area contributed by atoms with Gasteiger partial charge in [0.25, 0.3) is 0 Å². The Bertz CT molecular complexity index is 1500. The SMILES string of the molecule is CCCCN=C1CCCC=C1Nc1c(C(C)C)cccc1C(C)C.[CH2-]N(C1=CCCCC1=NCCCC)c1c(C(C)C)cccc1C(C)C.[CH3-].[CH3-].[CH3-].[Cl][Hf]([Cl])([Cl])[Cl].[Hf]. The number of benzene rings is 2. The Morgan fingerprint density at radius 2 is 1.03 bits per heavy atom. The van der Waals surface area contributed by atoms with Gasteiger partial charge in [0.05, 0.1) is 17.1 Å². The first-order valence-corrected chi connectivity index (χ1v) is 38.2. The molecule has 0 fully saturated rings. The van der Waals surface area contributed by atoms with E-state index in [4.69, 9.17) is 44.3 Å². The molecule has 2 aliphatic rings. The van der Waals surface area contributed by atoms with Crippen molar-refractivity contribution in [1.29, 1.82) is 0 Å². The number of halogens is 4. The molecule has 58 heavy (non-hydrogen) atoms. The molecule has 0 bridgehead atoms. The summed E-state index contributed by atoms with van der Waals surface area (Å²) in [7, 11) is 24.7. The predicted octanol–water partition coefficient (Wildman–Crippen LogP) is 17.6. The van der Waals surface area contributed by atoms with E-state index in [1.807, 2.05) is 0 Å². The molecule has 4 nitrogen and oxygen atoms in total. The van der Waals surface area contributed by atoms with Crippen molar-refractivity contribution in [1.82, 2.24) is 0 Å². The number of allylic oxidation sites excluding steroid dienone is 4. The molecule has 0 spiro atoms. The fourth-order valence-electron chi connectivity index (χ4n) is 6.75. The van der Waals surface area contributed by atoms with Crippen molar-refractivity contribution in [2.45, 2.75) is 157 Å². The molecule has 2 aliphatic carbocycles. The second-order valence-electron chi connectivity index (χ2n) is 15.6. The first-order chi connectivity index (χ1) is 25.5. The Morgan fingerprint density at radius 1 is 0.655 bits per heavy atom. The number of aliphatic imine (C=N–C) groups is 2. The monoisotopic (exact) mass is 1210 g/mol. The van der Waals surface area contributed by atoms with Crippen LogP contribution in [0.5, 0.6) is 0 Å². The molecule has 0 heterocycles. The van der Waals surface area contributed by atoms with Crippen molar-refractivity contribution in [3.8, 4) is 0 Å². The fourth-order valence-corrected chi connectivity index (χ4v) is 6.75. The van der Waals surface area contributed by atoms with Gasteiger partial charge in [0.1, 0.15) is 0 Å². The van der Waals surface area contributed by atoms with Gasteiger partial charge >= 0.3 is 49.5 Å². The van der Waals surface area contributed by atoms with E-state index in [-0.39, 0.29) is 48.1 Å². The number of hydrogen-bond donors (Lipinski definition) is 1. The van der Waals surface area contributed by atoms with Crippen LogP contribution in [0.15, 0.2) is 69.9 Å². The summed E-state index contributed by atoms with van der Waals surface area (Å²) in [5, 5.41) is 3.79. The Balaban J connectivity index is -0.000000879. The Morgan fingerprint density at radius 3 is 1.45 bits per heavy atom. The maximum Gasteiger partial charge on any atom is 0 e. The summed E-state index contributed by atoms with van der Waals surface area (Å²) in [4.78, 5) is 12.0. The van der Waals surface area contributed by atoms with Crippen molar-refractivity contribution in [2.24, 2.45) is 9.98 Å². The van der Waals surface area contributed by atoms with Gasteiger partial charge in [-0.3, -0.25) is 17.0 Å². The predicted molar refractivity (Wildman–Crippen MR) is 262 cm³/mol. The molecular formula is C48H78Cl4Hf2N4-4. The van der Waals surface area contributed by atoms with Gasteiger partial charge in [0, 0.05) is 56.0 Å². The van der Waals surface area contributed by atoms with E-state index in [9.17, 15) is 0 Å². The second kappa shape index (κ2) is 32.4. The summed E-state index contributed by atoms with van der Waals surface area (Å²) >= 11 is -3.39. The van der Waals surface area contributed by atoms with Gasteiger partial charge in [-0.25, -0.2) is 0 Å². The van der Waals surface area contributed by atoms with E-state index in [0.29, 0.717) is 23.7 Å². The minimum atomic E-state index is -3.39. The zero-order valence-electron chi connectivity index (χ0n) is 38.5. The third-order valence-corrected chi connectivity index (χ3v) is 9.69. The molecule has 0 radical (unpaired) electrons. The second-order valence-corrected chi connectivity index (χ2v) is 46.7. The standard InChI is InChI=1S/C23H35N2.C22H34N2.3CH3.4ClH.2Hf/c1-7-8-16-24-21-14-9-10-15-22(21)25(6)23-19(17(2)3)12-11-13-20(23)18(4)5;1-6-7-15-23-20-13-8-9-14-21(20)24-22-18(16(2)3)11-10-12-19(22)17(4)5;;;;;;;;;/h11-13,15,17-18H,6-10,14,16H2,1-5H3;10-12,14,16-17,24H,6-9,13,15H2,1-5H3;3*1H3;4*1H;;/q-1;;3*-1;;;;;;+4/p-4. The van der Waals surface area contributed by atoms with Crippen molar-refractivity contribution in [2.75, 3.05) is 23.3 Å². The summed E-state index contributed by atoms with van der Waals surface area (Å²) in [6, 6.07) is 13.4. The molecule has 2 aromatic rings. The van der Waals surface area contributed by atoms with Crippen molar-refractivity contribution >= 4 is 57.1 Å². The molecule has 0 saturated heterocycles. The molecule has 0 amide bonds. The van der Waals surface area contributed by atoms with E-state index < -0.39 is 15.2 Å². The molecule has 0 saturated carbocycles. The molecule has 0 unspecified atom stereocenters. The van der Waals surface area contributed by atoms with Crippen LogP contribution in [0.4, 0.5) is 11.4 Å². The molecule has 2 aromatic carbocycles. The maximum absolute atomic E-state index is 5.05. The largest absolute Gasteiger partial charge is 0 e. The normalized spacial score (nSPS) is 15.2. The third-order valence-electron chi connectivity index (χ3n) is 9.69. The van der Waals surface area contributed by atoms with Crippen molar-refractivity contribution in [3.05, 3.63) is 112 Å². The van der Waals surface area contributed by atoms with Crippen LogP contribution in [-0.2, 0) is 41.1 Å². The molecule has 330 valence electrons. The average Bonchev–Trinajstić information content (AvgIpc) is 3.11. The van der Waals surface area contributed by atoms with Gasteiger partial charge in [-0.2, -0.15) is 0 Å². The van der Waals surface area contributed by atoms with E-state index in [2.05, 4.69) is 135 Å². The Hall–Kier alpha value is -0.240. The first kappa shape index (κ1) is 62.1. The zero-order valence-corrected chi connectivity index (χ0v) is 48.7. The van der Waals surface area contributed by atoms with E-state index in [0.717, 1.165) is 45.2 Å². The van der Waals surface area contributed by atoms with Gasteiger partial charge in [0.15, 0.2) is 0 Å². The number of nitrogens with zero attached hydrogens (tertiary/aromatic N) is 3. The quantitative estimate of drug-likeness (QED) is 0.116. The fraction of sp³-hybridized carbons (Fsp3) is 0.542. The average molecular weight is 1210 g/mol. The van der Waals surface area contributed by atoms with E-state index in [1.54, 1.807) is 0 Å². The van der Waals surface area contributed by atoms with Gasteiger partial charge in [0.2, 0.25) is 0 Å². The Labute approximate surface area is 396 Å². The molecular weight excluding hydrogens is 1130 g/mol. The molecule has 4 rings (SSSR count). The van der Waals surface area contributed by atoms with E-state index >= 15 is 0 Å². The number of anilines is 2. The van der Waals surface area contributed by atoms with Crippen LogP contribution in [0.1, 0.15) is 179 Å². The van der Waals surface area contributed by atoms with Crippen LogP contribution >= 0.6 is 34.3 Å². The number of hydrogen-bond acceptors (Lipinski definition) is 4. The molecule has 0 atom stereocenters. The zero-order chi connectivity index (χ0) is 40.4. The minimum Gasteiger partial charge on any atom is 0 e. The van der Waals surface area contributed by atoms with Crippen LogP contribution in [0.25, 0.3) is 0 Å². The van der Waals surface area contributed by atoms with Crippen molar-refractivity contribution < 1.29 is 41.1 Å². The first-order valence-electron chi connectivity index (χ1n) is 20.4. The minimum absolute atomic E-state index is 0. The van der Waals surface area contributed by atoms with Crippen LogP contribution in [0.2, 0.25) is 0 Å². The molecule has 0 aromatic heterocycles. The maximum atomic E-state index is 5.05. The van der Waals surface area contributed by atoms with Crippen LogP contribution in [-0.4, -0.2) is 24.5 Å². The number of rotatable bonds is 14. The number of para-hydroxylation sites is 2. The van der Waals surface area contributed by atoms with Crippen LogP contribution < -0.4 is 10.2 Å². The molecule has 10 heteroatoms. The van der Waals surface area contributed by atoms with Crippen LogP contribution in [0.3, 0.4) is 0 Å². The topological polar surface area (TPSA) is 40.0 Å². The summed E-state index contributed by atoms with van der Waals surface area (Å²) in [5.41, 5.74) is 13.1. The van der Waals surface area contributed by atoms with Gasteiger partial charge in [-0.15, -0.1) is 0 Å². The van der Waals surface area contributed by atoms with Gasteiger partial charge in [-0.05, 0) is 97.3 Å².